The fourth-order valence-corrected chi connectivity index (χ4v) is 2.37. The zero-order valence-corrected chi connectivity index (χ0v) is 10.3. The lowest BCUT2D eigenvalue weighted by Crippen LogP contribution is -2.18. The van der Waals surface area contributed by atoms with Crippen LogP contribution in [0.5, 0.6) is 0 Å². The van der Waals surface area contributed by atoms with Gasteiger partial charge < -0.3 is 0 Å². The predicted octanol–water partition coefficient (Wildman–Crippen LogP) is 3.14. The van der Waals surface area contributed by atoms with Gasteiger partial charge in [0.05, 0.1) is 5.57 Å². The quantitative estimate of drug-likeness (QED) is 0.602. The van der Waals surface area contributed by atoms with Crippen LogP contribution >= 0.6 is 0 Å². The maximum Gasteiger partial charge on any atom is 0.176 e. The Morgan fingerprint density at radius 1 is 1.28 bits per heavy atom. The standard InChI is InChI=1S/C15H16N2O/c16-11-14(10-12-6-8-17-9-7-12)15(18)13-4-2-1-3-5-13/h6-10,13H,1-5H2/b14-10+. The molecule has 1 heterocycles. The van der Waals surface area contributed by atoms with Crippen molar-refractivity contribution in [3.63, 3.8) is 0 Å². The van der Waals surface area contributed by atoms with E-state index < -0.39 is 0 Å². The molecule has 1 aliphatic rings. The van der Waals surface area contributed by atoms with Crippen molar-refractivity contribution in [2.24, 2.45) is 5.92 Å². The van der Waals surface area contributed by atoms with Crippen molar-refractivity contribution in [3.05, 3.63) is 35.7 Å². The van der Waals surface area contributed by atoms with Crippen LogP contribution in [0.2, 0.25) is 0 Å². The molecule has 1 fully saturated rings. The van der Waals surface area contributed by atoms with E-state index in [9.17, 15) is 4.79 Å². The lowest BCUT2D eigenvalue weighted by molar-refractivity contribution is -0.119. The van der Waals surface area contributed by atoms with Crippen LogP contribution in [-0.2, 0) is 4.79 Å². The Bertz CT molecular complexity index is 479. The maximum atomic E-state index is 12.2. The van der Waals surface area contributed by atoms with Gasteiger partial charge in [0, 0.05) is 18.3 Å². The van der Waals surface area contributed by atoms with Crippen LogP contribution in [-0.4, -0.2) is 10.8 Å². The van der Waals surface area contributed by atoms with Gasteiger partial charge in [-0.25, -0.2) is 0 Å². The van der Waals surface area contributed by atoms with E-state index in [2.05, 4.69) is 4.98 Å². The topological polar surface area (TPSA) is 53.8 Å². The average molecular weight is 240 g/mol. The minimum absolute atomic E-state index is 0.00834. The molecule has 1 aliphatic carbocycles. The van der Waals surface area contributed by atoms with E-state index in [1.54, 1.807) is 30.6 Å². The second-order valence-electron chi connectivity index (χ2n) is 4.65. The molecule has 0 atom stereocenters. The number of hydrogen-bond acceptors (Lipinski definition) is 3. The van der Waals surface area contributed by atoms with Crippen molar-refractivity contribution in [2.45, 2.75) is 32.1 Å². The van der Waals surface area contributed by atoms with Crippen LogP contribution in [0.15, 0.2) is 30.1 Å². The van der Waals surface area contributed by atoms with Gasteiger partial charge in [-0.15, -0.1) is 0 Å². The van der Waals surface area contributed by atoms with Crippen molar-refractivity contribution in [2.75, 3.05) is 0 Å². The normalized spacial score (nSPS) is 17.2. The van der Waals surface area contributed by atoms with E-state index in [0.717, 1.165) is 31.2 Å². The Hall–Kier alpha value is -1.95. The SMILES string of the molecule is N#C/C(=C\c1ccncc1)C(=O)C1CCCCC1. The lowest BCUT2D eigenvalue weighted by Gasteiger charge is -2.19. The minimum Gasteiger partial charge on any atom is -0.293 e. The molecule has 18 heavy (non-hydrogen) atoms. The number of hydrogen-bond donors (Lipinski definition) is 0. The lowest BCUT2D eigenvalue weighted by atomic mass is 9.83. The zero-order valence-electron chi connectivity index (χ0n) is 10.3. The maximum absolute atomic E-state index is 12.2. The Kier molecular flexibility index (Phi) is 4.25. The molecule has 0 spiro atoms. The third-order valence-corrected chi connectivity index (χ3v) is 3.38. The molecule has 0 amide bonds. The number of rotatable bonds is 3. The van der Waals surface area contributed by atoms with Gasteiger partial charge in [-0.2, -0.15) is 5.26 Å². The van der Waals surface area contributed by atoms with E-state index in [1.165, 1.54) is 6.42 Å². The first-order valence-corrected chi connectivity index (χ1v) is 6.37. The summed E-state index contributed by atoms with van der Waals surface area (Å²) in [7, 11) is 0. The van der Waals surface area contributed by atoms with Crippen molar-refractivity contribution < 1.29 is 4.79 Å². The van der Waals surface area contributed by atoms with Gasteiger partial charge in [0.15, 0.2) is 5.78 Å². The molecular formula is C15H16N2O. The number of carbonyl (C=O) groups excluding carboxylic acids is 1. The van der Waals surface area contributed by atoms with Gasteiger partial charge in [0.25, 0.3) is 0 Å². The van der Waals surface area contributed by atoms with Gasteiger partial charge in [-0.05, 0) is 36.6 Å². The first-order chi connectivity index (χ1) is 8.81. The van der Waals surface area contributed by atoms with Crippen LogP contribution in [0, 0.1) is 17.2 Å². The number of carbonyl (C=O) groups is 1. The first-order valence-electron chi connectivity index (χ1n) is 6.37. The van der Waals surface area contributed by atoms with Crippen molar-refractivity contribution in [3.8, 4) is 6.07 Å². The number of nitrogens with zero attached hydrogens (tertiary/aromatic N) is 2. The number of nitriles is 1. The summed E-state index contributed by atoms with van der Waals surface area (Å²) in [6.45, 7) is 0. The minimum atomic E-state index is 0.00834. The molecule has 0 bridgehead atoms. The van der Waals surface area contributed by atoms with Gasteiger partial charge in [-0.3, -0.25) is 9.78 Å². The summed E-state index contributed by atoms with van der Waals surface area (Å²) in [5.74, 6) is 0.0560. The molecule has 0 aromatic carbocycles. The van der Waals surface area contributed by atoms with Crippen LogP contribution in [0.25, 0.3) is 6.08 Å². The van der Waals surface area contributed by atoms with E-state index in [4.69, 9.17) is 5.26 Å². The van der Waals surface area contributed by atoms with Crippen LogP contribution in [0.3, 0.4) is 0 Å². The highest BCUT2D eigenvalue weighted by molar-refractivity contribution is 6.04. The Labute approximate surface area is 107 Å². The molecule has 0 N–H and O–H groups in total. The molecule has 3 nitrogen and oxygen atoms in total. The molecule has 0 unspecified atom stereocenters. The second kappa shape index (κ2) is 6.11. The molecule has 0 aliphatic heterocycles. The summed E-state index contributed by atoms with van der Waals surface area (Å²) in [6.07, 6.45) is 10.2. The summed E-state index contributed by atoms with van der Waals surface area (Å²) in [5, 5.41) is 9.13. The molecule has 0 saturated heterocycles. The van der Waals surface area contributed by atoms with E-state index in [-0.39, 0.29) is 17.3 Å². The van der Waals surface area contributed by atoms with Crippen LogP contribution in [0.4, 0.5) is 0 Å². The summed E-state index contributed by atoms with van der Waals surface area (Å²) >= 11 is 0. The van der Waals surface area contributed by atoms with E-state index in [0.29, 0.717) is 0 Å². The smallest absolute Gasteiger partial charge is 0.176 e. The second-order valence-corrected chi connectivity index (χ2v) is 4.65. The predicted molar refractivity (Wildman–Crippen MR) is 69.4 cm³/mol. The van der Waals surface area contributed by atoms with E-state index in [1.807, 2.05) is 6.07 Å². The number of Topliss-reactive ketones (excluding diaryl/α,β-unsaturated/α-hetero) is 1. The molecule has 2 rings (SSSR count). The van der Waals surface area contributed by atoms with Crippen molar-refractivity contribution in [1.82, 2.24) is 4.98 Å². The highest BCUT2D eigenvalue weighted by atomic mass is 16.1. The fourth-order valence-electron chi connectivity index (χ4n) is 2.37. The van der Waals surface area contributed by atoms with Crippen molar-refractivity contribution >= 4 is 11.9 Å². The van der Waals surface area contributed by atoms with Crippen LogP contribution in [0.1, 0.15) is 37.7 Å². The zero-order chi connectivity index (χ0) is 12.8. The van der Waals surface area contributed by atoms with Gasteiger partial charge >= 0.3 is 0 Å². The molecule has 1 aromatic heterocycles. The van der Waals surface area contributed by atoms with Gasteiger partial charge in [0.2, 0.25) is 0 Å². The van der Waals surface area contributed by atoms with Crippen LogP contribution < -0.4 is 0 Å². The fraction of sp³-hybridized carbons (Fsp3) is 0.400. The summed E-state index contributed by atoms with van der Waals surface area (Å²) in [5.41, 5.74) is 1.12. The number of allylic oxidation sites excluding steroid dienone is 1. The molecule has 92 valence electrons. The van der Waals surface area contributed by atoms with Crippen molar-refractivity contribution in [1.29, 1.82) is 5.26 Å². The third kappa shape index (κ3) is 3.04. The highest BCUT2D eigenvalue weighted by Gasteiger charge is 2.23. The Balaban J connectivity index is 2.16. The van der Waals surface area contributed by atoms with Gasteiger partial charge in [-0.1, -0.05) is 19.3 Å². The average Bonchev–Trinajstić information content (AvgIpc) is 2.46. The molecule has 0 radical (unpaired) electrons. The van der Waals surface area contributed by atoms with E-state index >= 15 is 0 Å². The largest absolute Gasteiger partial charge is 0.293 e. The molecule has 1 saturated carbocycles. The molecule has 1 aromatic rings. The third-order valence-electron chi connectivity index (χ3n) is 3.38. The highest BCUT2D eigenvalue weighted by Crippen LogP contribution is 2.26. The molecular weight excluding hydrogens is 224 g/mol. The number of aromatic nitrogens is 1. The van der Waals surface area contributed by atoms with Gasteiger partial charge in [0.1, 0.15) is 6.07 Å². The number of ketones is 1. The Morgan fingerprint density at radius 3 is 2.56 bits per heavy atom. The monoisotopic (exact) mass is 240 g/mol. The summed E-state index contributed by atoms with van der Waals surface area (Å²) < 4.78 is 0. The summed E-state index contributed by atoms with van der Waals surface area (Å²) in [4.78, 5) is 16.1. The summed E-state index contributed by atoms with van der Waals surface area (Å²) in [6, 6.07) is 5.63. The number of pyridine rings is 1. The Morgan fingerprint density at radius 2 is 1.94 bits per heavy atom. The first kappa shape index (κ1) is 12.5. The molecule has 3 heteroatoms.